The van der Waals surface area contributed by atoms with Gasteiger partial charge in [-0.15, -0.1) is 0 Å². The number of alkyl halides is 1. The first kappa shape index (κ1) is 11.2. The quantitative estimate of drug-likeness (QED) is 0.567. The third-order valence-corrected chi connectivity index (χ3v) is 5.87. The van der Waals surface area contributed by atoms with Gasteiger partial charge < -0.3 is 4.74 Å². The van der Waals surface area contributed by atoms with Gasteiger partial charge in [0.15, 0.2) is 0 Å². The van der Waals surface area contributed by atoms with Gasteiger partial charge in [0.1, 0.15) is 0 Å². The van der Waals surface area contributed by atoms with Crippen molar-refractivity contribution in [2.75, 3.05) is 4.43 Å². The molecule has 0 amide bonds. The number of hydrogen-bond acceptors (Lipinski definition) is 1. The molecule has 0 radical (unpaired) electrons. The fraction of sp³-hybridized carbons (Fsp3) is 1.00. The smallest absolute Gasteiger partial charge is 0.0752 e. The van der Waals surface area contributed by atoms with E-state index < -0.39 is 0 Å². The molecule has 0 spiro atoms. The molecular formula is C12H21IO. The summed E-state index contributed by atoms with van der Waals surface area (Å²) < 4.78 is 7.57. The summed E-state index contributed by atoms with van der Waals surface area (Å²) in [5, 5.41) is 0. The monoisotopic (exact) mass is 308 g/mol. The van der Waals surface area contributed by atoms with Gasteiger partial charge in [-0.25, -0.2) is 0 Å². The Morgan fingerprint density at radius 1 is 1.36 bits per heavy atom. The summed E-state index contributed by atoms with van der Waals surface area (Å²) in [6.07, 6.45) is 8.02. The van der Waals surface area contributed by atoms with Gasteiger partial charge in [0, 0.05) is 4.43 Å². The summed E-state index contributed by atoms with van der Waals surface area (Å²) in [7, 11) is 0. The molecule has 2 atom stereocenters. The van der Waals surface area contributed by atoms with E-state index in [9.17, 15) is 0 Å². The van der Waals surface area contributed by atoms with Gasteiger partial charge in [0.25, 0.3) is 0 Å². The minimum Gasteiger partial charge on any atom is -0.368 e. The second-order valence-electron chi connectivity index (χ2n) is 5.23. The molecule has 2 aliphatic rings. The van der Waals surface area contributed by atoms with Crippen LogP contribution in [0.25, 0.3) is 0 Å². The number of ether oxygens (including phenoxy) is 1. The van der Waals surface area contributed by atoms with E-state index in [1.165, 1.54) is 38.5 Å². The van der Waals surface area contributed by atoms with Crippen molar-refractivity contribution >= 4 is 22.6 Å². The van der Waals surface area contributed by atoms with Crippen molar-refractivity contribution in [1.82, 2.24) is 0 Å². The zero-order valence-electron chi connectivity index (χ0n) is 9.31. The SMILES string of the molecule is CCC1(C2CCC2)CCC(C)(CI)O1. The Morgan fingerprint density at radius 2 is 2.07 bits per heavy atom. The molecule has 0 aromatic rings. The van der Waals surface area contributed by atoms with Gasteiger partial charge in [0.05, 0.1) is 11.2 Å². The molecular weight excluding hydrogens is 287 g/mol. The van der Waals surface area contributed by atoms with Crippen LogP contribution in [-0.2, 0) is 4.74 Å². The van der Waals surface area contributed by atoms with E-state index in [0.29, 0.717) is 0 Å². The Hall–Kier alpha value is 0.690. The zero-order chi connectivity index (χ0) is 10.2. The first-order valence-corrected chi connectivity index (χ1v) is 7.43. The van der Waals surface area contributed by atoms with Crippen LogP contribution in [0.1, 0.15) is 52.4 Å². The van der Waals surface area contributed by atoms with Gasteiger partial charge in [-0.2, -0.15) is 0 Å². The molecule has 1 aliphatic carbocycles. The van der Waals surface area contributed by atoms with Crippen LogP contribution in [0.2, 0.25) is 0 Å². The molecule has 1 saturated heterocycles. The largest absolute Gasteiger partial charge is 0.368 e. The lowest BCUT2D eigenvalue weighted by Crippen LogP contribution is -2.43. The Labute approximate surface area is 101 Å². The van der Waals surface area contributed by atoms with Crippen molar-refractivity contribution in [2.24, 2.45) is 5.92 Å². The predicted molar refractivity (Wildman–Crippen MR) is 68.0 cm³/mol. The molecule has 2 heteroatoms. The fourth-order valence-corrected chi connectivity index (χ4v) is 3.46. The summed E-state index contributed by atoms with van der Waals surface area (Å²) >= 11 is 2.47. The molecule has 0 N–H and O–H groups in total. The van der Waals surface area contributed by atoms with E-state index in [1.807, 2.05) is 0 Å². The molecule has 1 nitrogen and oxygen atoms in total. The minimum absolute atomic E-state index is 0.173. The first-order valence-electron chi connectivity index (χ1n) is 5.90. The third-order valence-electron chi connectivity index (χ3n) is 4.26. The Bertz CT molecular complexity index is 214. The fourth-order valence-electron chi connectivity index (χ4n) is 2.92. The maximum absolute atomic E-state index is 6.43. The maximum atomic E-state index is 6.43. The standard InChI is InChI=1S/C12H21IO/c1-3-12(10-5-4-6-10)8-7-11(2,9-13)14-12/h10H,3-9H2,1-2H3. The lowest BCUT2D eigenvalue weighted by molar-refractivity contribution is -0.132. The highest BCUT2D eigenvalue weighted by Gasteiger charge is 2.50. The third kappa shape index (κ3) is 1.73. The normalized spacial score (nSPS) is 43.9. The van der Waals surface area contributed by atoms with E-state index in [-0.39, 0.29) is 11.2 Å². The van der Waals surface area contributed by atoms with E-state index in [0.717, 1.165) is 10.3 Å². The van der Waals surface area contributed by atoms with Crippen LogP contribution in [0.4, 0.5) is 0 Å². The molecule has 1 saturated carbocycles. The number of halogens is 1. The van der Waals surface area contributed by atoms with E-state index in [2.05, 4.69) is 36.4 Å². The average Bonchev–Trinajstić information content (AvgIpc) is 2.43. The van der Waals surface area contributed by atoms with Gasteiger partial charge in [-0.1, -0.05) is 35.9 Å². The van der Waals surface area contributed by atoms with Gasteiger partial charge in [-0.3, -0.25) is 0 Å². The highest BCUT2D eigenvalue weighted by Crippen LogP contribution is 2.51. The zero-order valence-corrected chi connectivity index (χ0v) is 11.5. The van der Waals surface area contributed by atoms with E-state index in [1.54, 1.807) is 0 Å². The van der Waals surface area contributed by atoms with Crippen molar-refractivity contribution in [3.05, 3.63) is 0 Å². The minimum atomic E-state index is 0.173. The van der Waals surface area contributed by atoms with Gasteiger partial charge >= 0.3 is 0 Å². The van der Waals surface area contributed by atoms with Crippen LogP contribution in [-0.4, -0.2) is 15.6 Å². The second kappa shape index (κ2) is 3.93. The van der Waals surface area contributed by atoms with Crippen LogP contribution in [0.3, 0.4) is 0 Å². The van der Waals surface area contributed by atoms with Crippen molar-refractivity contribution in [3.8, 4) is 0 Å². The first-order chi connectivity index (χ1) is 6.64. The summed E-state index contributed by atoms with van der Waals surface area (Å²) in [6, 6.07) is 0. The summed E-state index contributed by atoms with van der Waals surface area (Å²) in [6.45, 7) is 4.59. The average molecular weight is 308 g/mol. The van der Waals surface area contributed by atoms with Crippen LogP contribution >= 0.6 is 22.6 Å². The Balaban J connectivity index is 2.08. The van der Waals surface area contributed by atoms with Crippen molar-refractivity contribution in [2.45, 2.75) is 63.6 Å². The van der Waals surface area contributed by atoms with Crippen LogP contribution in [0.15, 0.2) is 0 Å². The van der Waals surface area contributed by atoms with Crippen molar-refractivity contribution in [3.63, 3.8) is 0 Å². The Morgan fingerprint density at radius 3 is 2.43 bits per heavy atom. The van der Waals surface area contributed by atoms with Crippen LogP contribution in [0.5, 0.6) is 0 Å². The van der Waals surface area contributed by atoms with Crippen molar-refractivity contribution < 1.29 is 4.74 Å². The molecule has 1 aliphatic heterocycles. The predicted octanol–water partition coefficient (Wildman–Crippen LogP) is 3.94. The summed E-state index contributed by atoms with van der Waals surface area (Å²) in [5.74, 6) is 0.872. The maximum Gasteiger partial charge on any atom is 0.0752 e. The molecule has 2 rings (SSSR count). The van der Waals surface area contributed by atoms with Crippen molar-refractivity contribution in [1.29, 1.82) is 0 Å². The molecule has 2 unspecified atom stereocenters. The van der Waals surface area contributed by atoms with Gasteiger partial charge in [0.2, 0.25) is 0 Å². The lowest BCUT2D eigenvalue weighted by atomic mass is 9.70. The highest BCUT2D eigenvalue weighted by atomic mass is 127. The summed E-state index contributed by atoms with van der Waals surface area (Å²) in [4.78, 5) is 0. The molecule has 2 fully saturated rings. The topological polar surface area (TPSA) is 9.23 Å². The molecule has 0 aromatic carbocycles. The lowest BCUT2D eigenvalue weighted by Gasteiger charge is -2.43. The van der Waals surface area contributed by atoms with Gasteiger partial charge in [-0.05, 0) is 44.9 Å². The Kier molecular flexibility index (Phi) is 3.14. The van der Waals surface area contributed by atoms with Crippen LogP contribution < -0.4 is 0 Å². The van der Waals surface area contributed by atoms with Crippen LogP contribution in [0, 0.1) is 5.92 Å². The molecule has 0 aromatic heterocycles. The molecule has 1 heterocycles. The highest BCUT2D eigenvalue weighted by molar-refractivity contribution is 14.1. The second-order valence-corrected chi connectivity index (χ2v) is 5.99. The molecule has 14 heavy (non-hydrogen) atoms. The number of rotatable bonds is 3. The summed E-state index contributed by atoms with van der Waals surface area (Å²) in [5.41, 5.74) is 0.435. The van der Waals surface area contributed by atoms with E-state index >= 15 is 0 Å². The van der Waals surface area contributed by atoms with E-state index in [4.69, 9.17) is 4.74 Å². The molecule has 0 bridgehead atoms. The molecule has 82 valence electrons. The number of hydrogen-bond donors (Lipinski definition) is 0.